The Hall–Kier alpha value is -0.580. The van der Waals surface area contributed by atoms with Crippen LogP contribution in [-0.4, -0.2) is 26.3 Å². The molecule has 3 nitrogen and oxygen atoms in total. The van der Waals surface area contributed by atoms with Gasteiger partial charge in [-0.3, -0.25) is 0 Å². The third-order valence-electron chi connectivity index (χ3n) is 3.62. The molecule has 0 radical (unpaired) electrons. The van der Waals surface area contributed by atoms with Crippen molar-refractivity contribution in [2.75, 3.05) is 25.2 Å². The van der Waals surface area contributed by atoms with Gasteiger partial charge in [0.15, 0.2) is 0 Å². The maximum Gasteiger partial charge on any atom is 0.0510 e. The van der Waals surface area contributed by atoms with Crippen LogP contribution < -0.4 is 10.6 Å². The van der Waals surface area contributed by atoms with E-state index in [0.717, 1.165) is 36.1 Å². The van der Waals surface area contributed by atoms with Crippen molar-refractivity contribution in [3.8, 4) is 0 Å². The summed E-state index contributed by atoms with van der Waals surface area (Å²) in [6.07, 6.45) is 2.19. The zero-order valence-corrected chi connectivity index (χ0v) is 12.6. The number of hydrogen-bond donors (Lipinski definition) is 1. The van der Waals surface area contributed by atoms with Crippen molar-refractivity contribution < 1.29 is 4.74 Å². The molecule has 0 amide bonds. The van der Waals surface area contributed by atoms with Crippen LogP contribution in [0, 0.1) is 0 Å². The molecule has 18 heavy (non-hydrogen) atoms. The number of nitrogens with zero attached hydrogens (tertiary/aromatic N) is 1. The van der Waals surface area contributed by atoms with Gasteiger partial charge in [-0.15, -0.1) is 0 Å². The maximum atomic E-state index is 5.90. The first-order valence-corrected chi connectivity index (χ1v) is 7.24. The predicted molar refractivity (Wildman–Crippen MR) is 79.0 cm³/mol. The Morgan fingerprint density at radius 2 is 2.06 bits per heavy atom. The number of halogens is 1. The quantitative estimate of drug-likeness (QED) is 0.932. The van der Waals surface area contributed by atoms with E-state index >= 15 is 0 Å². The van der Waals surface area contributed by atoms with Gasteiger partial charge >= 0.3 is 0 Å². The number of benzene rings is 1. The van der Waals surface area contributed by atoms with Gasteiger partial charge in [0, 0.05) is 36.8 Å². The Labute approximate surface area is 117 Å². The van der Waals surface area contributed by atoms with Gasteiger partial charge in [0.2, 0.25) is 0 Å². The lowest BCUT2D eigenvalue weighted by Crippen LogP contribution is -2.36. The first-order chi connectivity index (χ1) is 8.59. The molecule has 1 heterocycles. The van der Waals surface area contributed by atoms with Crippen molar-refractivity contribution in [1.82, 2.24) is 0 Å². The normalized spacial score (nSPS) is 18.7. The number of ether oxygens (including phenoxy) is 1. The fourth-order valence-corrected chi connectivity index (χ4v) is 3.04. The molecule has 4 heteroatoms. The first kappa shape index (κ1) is 13.8. The van der Waals surface area contributed by atoms with Crippen LogP contribution >= 0.6 is 15.9 Å². The molecule has 2 rings (SSSR count). The van der Waals surface area contributed by atoms with Crippen molar-refractivity contribution in [1.29, 1.82) is 0 Å². The van der Waals surface area contributed by atoms with E-state index in [-0.39, 0.29) is 6.04 Å². The highest BCUT2D eigenvalue weighted by molar-refractivity contribution is 9.10. The molecule has 1 aromatic rings. The SMILES string of the molecule is CC(N)c1ccc(N(C)C2CCOCC2)c(Br)c1. The maximum absolute atomic E-state index is 5.90. The second-order valence-corrected chi connectivity index (χ2v) is 5.81. The highest BCUT2D eigenvalue weighted by atomic mass is 79.9. The molecular weight excluding hydrogens is 292 g/mol. The number of hydrogen-bond acceptors (Lipinski definition) is 3. The van der Waals surface area contributed by atoms with E-state index in [4.69, 9.17) is 10.5 Å². The molecule has 100 valence electrons. The minimum atomic E-state index is 0.0729. The van der Waals surface area contributed by atoms with Gasteiger partial charge < -0.3 is 15.4 Å². The minimum absolute atomic E-state index is 0.0729. The lowest BCUT2D eigenvalue weighted by atomic mass is 10.1. The number of rotatable bonds is 3. The third kappa shape index (κ3) is 3.05. The van der Waals surface area contributed by atoms with Crippen LogP contribution in [0.5, 0.6) is 0 Å². The average molecular weight is 313 g/mol. The zero-order chi connectivity index (χ0) is 13.1. The molecule has 0 aliphatic carbocycles. The molecule has 0 spiro atoms. The number of nitrogens with two attached hydrogens (primary N) is 1. The van der Waals surface area contributed by atoms with Crippen LogP contribution in [0.4, 0.5) is 5.69 Å². The molecule has 1 saturated heterocycles. The monoisotopic (exact) mass is 312 g/mol. The summed E-state index contributed by atoms with van der Waals surface area (Å²) in [6, 6.07) is 7.02. The average Bonchev–Trinajstić information content (AvgIpc) is 2.38. The Kier molecular flexibility index (Phi) is 4.65. The molecule has 0 aromatic heterocycles. The van der Waals surface area contributed by atoms with Crippen molar-refractivity contribution in [3.05, 3.63) is 28.2 Å². The summed E-state index contributed by atoms with van der Waals surface area (Å²) in [5.74, 6) is 0. The topological polar surface area (TPSA) is 38.5 Å². The van der Waals surface area contributed by atoms with E-state index in [9.17, 15) is 0 Å². The van der Waals surface area contributed by atoms with Crippen molar-refractivity contribution >= 4 is 21.6 Å². The largest absolute Gasteiger partial charge is 0.381 e. The minimum Gasteiger partial charge on any atom is -0.381 e. The van der Waals surface area contributed by atoms with Crippen LogP contribution in [0.2, 0.25) is 0 Å². The summed E-state index contributed by atoms with van der Waals surface area (Å²) in [7, 11) is 2.15. The molecule has 0 saturated carbocycles. The first-order valence-electron chi connectivity index (χ1n) is 6.45. The van der Waals surface area contributed by atoms with Crippen molar-refractivity contribution in [2.24, 2.45) is 5.73 Å². The summed E-state index contributed by atoms with van der Waals surface area (Å²) < 4.78 is 6.53. The lowest BCUT2D eigenvalue weighted by Gasteiger charge is -2.33. The molecule has 1 unspecified atom stereocenters. The van der Waals surface area contributed by atoms with Crippen LogP contribution in [0.1, 0.15) is 31.4 Å². The Morgan fingerprint density at radius 1 is 1.39 bits per heavy atom. The molecule has 1 atom stereocenters. The molecule has 1 aliphatic heterocycles. The fourth-order valence-electron chi connectivity index (χ4n) is 2.36. The fraction of sp³-hybridized carbons (Fsp3) is 0.571. The standard InChI is InChI=1S/C14H21BrN2O/c1-10(16)11-3-4-14(13(15)9-11)17(2)12-5-7-18-8-6-12/h3-4,9-10,12H,5-8,16H2,1-2H3. The van der Waals surface area contributed by atoms with E-state index in [1.165, 1.54) is 5.69 Å². The van der Waals surface area contributed by atoms with Crippen LogP contribution in [0.25, 0.3) is 0 Å². The smallest absolute Gasteiger partial charge is 0.0510 e. The summed E-state index contributed by atoms with van der Waals surface area (Å²) >= 11 is 3.65. The van der Waals surface area contributed by atoms with Gasteiger partial charge in [0.25, 0.3) is 0 Å². The predicted octanol–water partition coefficient (Wildman–Crippen LogP) is 3.08. The van der Waals surface area contributed by atoms with Crippen LogP contribution in [-0.2, 0) is 4.74 Å². The second-order valence-electron chi connectivity index (χ2n) is 4.95. The lowest BCUT2D eigenvalue weighted by molar-refractivity contribution is 0.0854. The van der Waals surface area contributed by atoms with E-state index in [2.05, 4.69) is 46.1 Å². The van der Waals surface area contributed by atoms with Crippen LogP contribution in [0.15, 0.2) is 22.7 Å². The van der Waals surface area contributed by atoms with Gasteiger partial charge in [0.1, 0.15) is 0 Å². The molecule has 0 bridgehead atoms. The summed E-state index contributed by atoms with van der Waals surface area (Å²) in [5.41, 5.74) is 8.29. The highest BCUT2D eigenvalue weighted by Crippen LogP contribution is 2.31. The molecule has 1 fully saturated rings. The molecular formula is C14H21BrN2O. The Bertz CT molecular complexity index is 403. The van der Waals surface area contributed by atoms with E-state index in [0.29, 0.717) is 6.04 Å². The summed E-state index contributed by atoms with van der Waals surface area (Å²) in [5, 5.41) is 0. The summed E-state index contributed by atoms with van der Waals surface area (Å²) in [6.45, 7) is 3.73. The van der Waals surface area contributed by atoms with Gasteiger partial charge in [-0.05, 0) is 53.4 Å². The van der Waals surface area contributed by atoms with Gasteiger partial charge in [0.05, 0.1) is 5.69 Å². The van der Waals surface area contributed by atoms with Crippen molar-refractivity contribution in [2.45, 2.75) is 31.8 Å². The van der Waals surface area contributed by atoms with E-state index in [1.807, 2.05) is 6.92 Å². The van der Waals surface area contributed by atoms with Gasteiger partial charge in [-0.1, -0.05) is 6.07 Å². The van der Waals surface area contributed by atoms with E-state index < -0.39 is 0 Å². The van der Waals surface area contributed by atoms with Gasteiger partial charge in [-0.25, -0.2) is 0 Å². The third-order valence-corrected chi connectivity index (χ3v) is 4.25. The van der Waals surface area contributed by atoms with Crippen molar-refractivity contribution in [3.63, 3.8) is 0 Å². The Balaban J connectivity index is 2.16. The second kappa shape index (κ2) is 6.04. The zero-order valence-electron chi connectivity index (χ0n) is 11.0. The highest BCUT2D eigenvalue weighted by Gasteiger charge is 2.20. The molecule has 1 aliphatic rings. The number of anilines is 1. The molecule has 1 aromatic carbocycles. The van der Waals surface area contributed by atoms with Gasteiger partial charge in [-0.2, -0.15) is 0 Å². The Morgan fingerprint density at radius 3 is 2.61 bits per heavy atom. The molecule has 2 N–H and O–H groups in total. The van der Waals surface area contributed by atoms with Crippen LogP contribution in [0.3, 0.4) is 0 Å². The van der Waals surface area contributed by atoms with E-state index in [1.54, 1.807) is 0 Å². The summed E-state index contributed by atoms with van der Waals surface area (Å²) in [4.78, 5) is 2.34.